The molecule has 0 spiro atoms. The zero-order valence-electron chi connectivity index (χ0n) is 12.1. The summed E-state index contributed by atoms with van der Waals surface area (Å²) in [5.41, 5.74) is 5.76. The van der Waals surface area contributed by atoms with Crippen LogP contribution in [0.4, 0.5) is 0 Å². The van der Waals surface area contributed by atoms with Gasteiger partial charge in [0.15, 0.2) is 0 Å². The lowest BCUT2D eigenvalue weighted by Crippen LogP contribution is -2.57. The van der Waals surface area contributed by atoms with Gasteiger partial charge in [0.1, 0.15) is 0 Å². The highest BCUT2D eigenvalue weighted by Crippen LogP contribution is 2.29. The number of piperazine rings is 1. The average molecular weight is 302 g/mol. The zero-order valence-corrected chi connectivity index (χ0v) is 12.9. The summed E-state index contributed by atoms with van der Waals surface area (Å²) in [4.78, 5) is 2.43. The summed E-state index contributed by atoms with van der Waals surface area (Å²) >= 11 is 0. The molecular formula is C13H26N4O2S. The number of piperidine rings is 1. The SMILES string of the molecule is NCC1CCCCN1S(=O)(=O)N1CCN(C2CC2)CC1. The molecule has 2 saturated heterocycles. The van der Waals surface area contributed by atoms with Gasteiger partial charge >= 0.3 is 0 Å². The molecule has 116 valence electrons. The van der Waals surface area contributed by atoms with Gasteiger partial charge in [-0.1, -0.05) is 6.42 Å². The van der Waals surface area contributed by atoms with E-state index in [1.54, 1.807) is 8.61 Å². The summed E-state index contributed by atoms with van der Waals surface area (Å²) in [6, 6.07) is 0.724. The van der Waals surface area contributed by atoms with Crippen molar-refractivity contribution in [1.29, 1.82) is 0 Å². The highest BCUT2D eigenvalue weighted by Gasteiger charge is 2.39. The molecule has 0 aromatic rings. The Morgan fingerprint density at radius 3 is 2.25 bits per heavy atom. The molecule has 2 aliphatic heterocycles. The van der Waals surface area contributed by atoms with Gasteiger partial charge in [0, 0.05) is 51.4 Å². The molecule has 1 atom stereocenters. The Balaban J connectivity index is 1.65. The van der Waals surface area contributed by atoms with E-state index in [9.17, 15) is 8.42 Å². The van der Waals surface area contributed by atoms with Crippen LogP contribution in [0.1, 0.15) is 32.1 Å². The van der Waals surface area contributed by atoms with E-state index in [0.29, 0.717) is 26.2 Å². The number of hydrogen-bond acceptors (Lipinski definition) is 4. The van der Waals surface area contributed by atoms with Crippen LogP contribution in [0.5, 0.6) is 0 Å². The fourth-order valence-corrected chi connectivity index (χ4v) is 5.25. The van der Waals surface area contributed by atoms with Gasteiger partial charge in [-0.3, -0.25) is 4.90 Å². The van der Waals surface area contributed by atoms with Gasteiger partial charge in [0.25, 0.3) is 10.2 Å². The summed E-state index contributed by atoms with van der Waals surface area (Å²) in [6.07, 6.45) is 5.52. The summed E-state index contributed by atoms with van der Waals surface area (Å²) in [6.45, 7) is 4.09. The Bertz CT molecular complexity index is 430. The molecule has 0 aromatic heterocycles. The van der Waals surface area contributed by atoms with Crippen LogP contribution in [0.2, 0.25) is 0 Å². The standard InChI is InChI=1S/C13H26N4O2S/c14-11-13-3-1-2-6-17(13)20(18,19)16-9-7-15(8-10-16)12-4-5-12/h12-13H,1-11,14H2. The van der Waals surface area contributed by atoms with Gasteiger partial charge in [0.05, 0.1) is 0 Å². The van der Waals surface area contributed by atoms with Crippen molar-refractivity contribution in [1.82, 2.24) is 13.5 Å². The monoisotopic (exact) mass is 302 g/mol. The van der Waals surface area contributed by atoms with E-state index < -0.39 is 10.2 Å². The molecule has 0 bridgehead atoms. The molecule has 1 unspecified atom stereocenters. The van der Waals surface area contributed by atoms with Gasteiger partial charge in [-0.25, -0.2) is 0 Å². The third kappa shape index (κ3) is 2.87. The molecule has 0 radical (unpaired) electrons. The number of hydrogen-bond donors (Lipinski definition) is 1. The molecule has 0 amide bonds. The van der Waals surface area contributed by atoms with E-state index in [0.717, 1.165) is 38.4 Å². The van der Waals surface area contributed by atoms with Crippen molar-refractivity contribution >= 4 is 10.2 Å². The van der Waals surface area contributed by atoms with Crippen molar-refractivity contribution < 1.29 is 8.42 Å². The molecule has 0 aromatic carbocycles. The minimum absolute atomic E-state index is 0.00443. The first-order valence-corrected chi connectivity index (χ1v) is 9.23. The minimum atomic E-state index is -3.32. The largest absolute Gasteiger partial charge is 0.329 e. The van der Waals surface area contributed by atoms with Crippen molar-refractivity contribution in [3.05, 3.63) is 0 Å². The van der Waals surface area contributed by atoms with Gasteiger partial charge in [-0.2, -0.15) is 17.0 Å². The number of nitrogens with zero attached hydrogens (tertiary/aromatic N) is 3. The lowest BCUT2D eigenvalue weighted by atomic mass is 10.1. The van der Waals surface area contributed by atoms with E-state index in [4.69, 9.17) is 5.73 Å². The molecule has 6 nitrogen and oxygen atoms in total. The summed E-state index contributed by atoms with van der Waals surface area (Å²) in [5.74, 6) is 0. The van der Waals surface area contributed by atoms with Crippen LogP contribution in [0, 0.1) is 0 Å². The predicted molar refractivity (Wildman–Crippen MR) is 78.5 cm³/mol. The predicted octanol–water partition coefficient (Wildman–Crippen LogP) is -0.176. The molecule has 3 fully saturated rings. The quantitative estimate of drug-likeness (QED) is 0.782. The van der Waals surface area contributed by atoms with Crippen LogP contribution in [-0.2, 0) is 10.2 Å². The van der Waals surface area contributed by atoms with E-state index in [1.165, 1.54) is 12.8 Å². The maximum Gasteiger partial charge on any atom is 0.282 e. The Labute approximate surface area is 122 Å². The highest BCUT2D eigenvalue weighted by molar-refractivity contribution is 7.86. The van der Waals surface area contributed by atoms with Crippen LogP contribution < -0.4 is 5.73 Å². The Morgan fingerprint density at radius 2 is 1.65 bits per heavy atom. The molecule has 7 heteroatoms. The second kappa shape index (κ2) is 5.88. The number of rotatable bonds is 4. The lowest BCUT2D eigenvalue weighted by molar-refractivity contribution is 0.164. The summed E-state index contributed by atoms with van der Waals surface area (Å²) in [5, 5.41) is 0. The van der Waals surface area contributed by atoms with E-state index in [2.05, 4.69) is 4.90 Å². The van der Waals surface area contributed by atoms with Crippen LogP contribution in [0.25, 0.3) is 0 Å². The molecule has 3 rings (SSSR count). The van der Waals surface area contributed by atoms with Crippen LogP contribution in [0.15, 0.2) is 0 Å². The Hall–Kier alpha value is -0.210. The summed E-state index contributed by atoms with van der Waals surface area (Å²) < 4.78 is 28.9. The van der Waals surface area contributed by atoms with Gasteiger partial charge in [-0.05, 0) is 25.7 Å². The van der Waals surface area contributed by atoms with E-state index in [-0.39, 0.29) is 6.04 Å². The molecule has 2 N–H and O–H groups in total. The average Bonchev–Trinajstić information content (AvgIpc) is 3.32. The lowest BCUT2D eigenvalue weighted by Gasteiger charge is -2.40. The first kappa shape index (κ1) is 14.7. The second-order valence-corrected chi connectivity index (χ2v) is 8.05. The van der Waals surface area contributed by atoms with Crippen molar-refractivity contribution in [2.75, 3.05) is 39.3 Å². The molecule has 1 saturated carbocycles. The van der Waals surface area contributed by atoms with Crippen LogP contribution >= 0.6 is 0 Å². The maximum absolute atomic E-state index is 12.8. The Morgan fingerprint density at radius 1 is 0.950 bits per heavy atom. The van der Waals surface area contributed by atoms with Gasteiger partial charge in [-0.15, -0.1) is 0 Å². The second-order valence-electron chi connectivity index (χ2n) is 6.17. The van der Waals surface area contributed by atoms with Crippen molar-refractivity contribution in [3.63, 3.8) is 0 Å². The van der Waals surface area contributed by atoms with Gasteiger partial charge < -0.3 is 5.73 Å². The molecule has 3 aliphatic rings. The highest BCUT2D eigenvalue weighted by atomic mass is 32.2. The molecule has 20 heavy (non-hydrogen) atoms. The fourth-order valence-electron chi connectivity index (χ4n) is 3.40. The maximum atomic E-state index is 12.8. The topological polar surface area (TPSA) is 69.9 Å². The van der Waals surface area contributed by atoms with Crippen molar-refractivity contribution in [3.8, 4) is 0 Å². The molecular weight excluding hydrogens is 276 g/mol. The normalized spacial score (nSPS) is 31.6. The fraction of sp³-hybridized carbons (Fsp3) is 1.00. The summed E-state index contributed by atoms with van der Waals surface area (Å²) in [7, 11) is -3.32. The Kier molecular flexibility index (Phi) is 4.33. The zero-order chi connectivity index (χ0) is 14.2. The van der Waals surface area contributed by atoms with Crippen LogP contribution in [0.3, 0.4) is 0 Å². The third-order valence-electron chi connectivity index (χ3n) is 4.80. The minimum Gasteiger partial charge on any atom is -0.329 e. The molecule has 2 heterocycles. The smallest absolute Gasteiger partial charge is 0.282 e. The van der Waals surface area contributed by atoms with Crippen molar-refractivity contribution in [2.24, 2.45) is 5.73 Å². The van der Waals surface area contributed by atoms with E-state index >= 15 is 0 Å². The van der Waals surface area contributed by atoms with Gasteiger partial charge in [0.2, 0.25) is 0 Å². The number of nitrogens with two attached hydrogens (primary N) is 1. The molecule has 1 aliphatic carbocycles. The third-order valence-corrected chi connectivity index (χ3v) is 6.90. The van der Waals surface area contributed by atoms with E-state index in [1.807, 2.05) is 0 Å². The first-order valence-electron chi connectivity index (χ1n) is 7.84. The van der Waals surface area contributed by atoms with Crippen molar-refractivity contribution in [2.45, 2.75) is 44.2 Å². The van der Waals surface area contributed by atoms with Crippen LogP contribution in [-0.4, -0.2) is 73.3 Å². The first-order chi connectivity index (χ1) is 9.63.